The molecule has 1 aliphatic heterocycles. The molecule has 1 heterocycles. The van der Waals surface area contributed by atoms with E-state index in [1.807, 2.05) is 0 Å². The number of hydrogen-bond donors (Lipinski definition) is 1. The molecule has 0 radical (unpaired) electrons. The highest BCUT2D eigenvalue weighted by molar-refractivity contribution is 5.69. The van der Waals surface area contributed by atoms with Crippen molar-refractivity contribution in [1.82, 2.24) is 0 Å². The Morgan fingerprint density at radius 3 is 2.77 bits per heavy atom. The molecular formula is C19H27NO2. The number of esters is 1. The van der Waals surface area contributed by atoms with Gasteiger partial charge in [0.15, 0.2) is 0 Å². The number of carbonyl (C=O) groups excluding carboxylic acids is 1. The van der Waals surface area contributed by atoms with Crippen LogP contribution < -0.4 is 5.32 Å². The van der Waals surface area contributed by atoms with Crippen LogP contribution in [0.15, 0.2) is 24.3 Å². The Balaban J connectivity index is 1.75. The van der Waals surface area contributed by atoms with Crippen molar-refractivity contribution < 1.29 is 9.53 Å². The predicted molar refractivity (Wildman–Crippen MR) is 88.8 cm³/mol. The zero-order valence-corrected chi connectivity index (χ0v) is 13.5. The van der Waals surface area contributed by atoms with Gasteiger partial charge in [-0.15, -0.1) is 0 Å². The number of para-hydroxylation sites is 1. The Bertz CT molecular complexity index is 508. The van der Waals surface area contributed by atoms with Crippen molar-refractivity contribution in [3.8, 4) is 0 Å². The maximum atomic E-state index is 11.9. The Morgan fingerprint density at radius 1 is 1.23 bits per heavy atom. The molecule has 1 aromatic carbocycles. The minimum atomic E-state index is -0.0468. The smallest absolute Gasteiger partial charge is 0.305 e. The summed E-state index contributed by atoms with van der Waals surface area (Å²) in [6.45, 7) is 0.981. The third-order valence-electron chi connectivity index (χ3n) is 5.55. The van der Waals surface area contributed by atoms with Crippen LogP contribution in [0.25, 0.3) is 0 Å². The lowest BCUT2D eigenvalue weighted by molar-refractivity contribution is -0.142. The van der Waals surface area contributed by atoms with Crippen molar-refractivity contribution in [2.24, 2.45) is 17.8 Å². The molecule has 0 amide bonds. The molecule has 3 nitrogen and oxygen atoms in total. The van der Waals surface area contributed by atoms with Crippen LogP contribution in [0.5, 0.6) is 0 Å². The lowest BCUT2D eigenvalue weighted by Crippen LogP contribution is -2.36. The van der Waals surface area contributed by atoms with E-state index in [4.69, 9.17) is 4.74 Å². The summed E-state index contributed by atoms with van der Waals surface area (Å²) in [5.74, 6) is 1.63. The van der Waals surface area contributed by atoms with Crippen molar-refractivity contribution >= 4 is 11.7 Å². The summed E-state index contributed by atoms with van der Waals surface area (Å²) in [7, 11) is 1.51. The highest BCUT2D eigenvalue weighted by Gasteiger charge is 2.34. The first-order chi connectivity index (χ1) is 10.8. The van der Waals surface area contributed by atoms with E-state index in [1.54, 1.807) is 0 Å². The first-order valence-corrected chi connectivity index (χ1v) is 8.66. The summed E-state index contributed by atoms with van der Waals surface area (Å²) in [6.07, 6.45) is 8.21. The van der Waals surface area contributed by atoms with Crippen LogP contribution in [-0.2, 0) is 16.0 Å². The molecular weight excluding hydrogens is 274 g/mol. The molecule has 0 aromatic heterocycles. The molecule has 3 heteroatoms. The van der Waals surface area contributed by atoms with Gasteiger partial charge in [-0.1, -0.05) is 50.3 Å². The molecule has 3 rings (SSSR count). The van der Waals surface area contributed by atoms with Crippen LogP contribution in [0.3, 0.4) is 0 Å². The van der Waals surface area contributed by atoms with Crippen LogP contribution in [0.1, 0.15) is 44.1 Å². The van der Waals surface area contributed by atoms with Crippen LogP contribution >= 0.6 is 0 Å². The molecule has 0 bridgehead atoms. The van der Waals surface area contributed by atoms with Crippen molar-refractivity contribution in [2.45, 2.75) is 44.9 Å². The van der Waals surface area contributed by atoms with E-state index in [9.17, 15) is 4.79 Å². The highest BCUT2D eigenvalue weighted by Crippen LogP contribution is 2.39. The zero-order chi connectivity index (χ0) is 15.4. The molecule has 2 aliphatic rings. The molecule has 120 valence electrons. The maximum absolute atomic E-state index is 11.9. The lowest BCUT2D eigenvalue weighted by atomic mass is 9.70. The summed E-state index contributed by atoms with van der Waals surface area (Å²) < 4.78 is 4.97. The molecule has 1 aromatic rings. The Hall–Kier alpha value is -1.51. The fraction of sp³-hybridized carbons (Fsp3) is 0.632. The lowest BCUT2D eigenvalue weighted by Gasteiger charge is -2.38. The van der Waals surface area contributed by atoms with Crippen molar-refractivity contribution in [1.29, 1.82) is 0 Å². The average molecular weight is 301 g/mol. The van der Waals surface area contributed by atoms with Gasteiger partial charge in [-0.2, -0.15) is 0 Å². The van der Waals surface area contributed by atoms with E-state index in [0.29, 0.717) is 24.2 Å². The third kappa shape index (κ3) is 3.45. The number of benzene rings is 1. The second-order valence-corrected chi connectivity index (χ2v) is 6.84. The van der Waals surface area contributed by atoms with Gasteiger partial charge >= 0.3 is 5.97 Å². The molecule has 0 spiro atoms. The van der Waals surface area contributed by atoms with Gasteiger partial charge in [0.1, 0.15) is 0 Å². The van der Waals surface area contributed by atoms with Crippen molar-refractivity contribution in [3.63, 3.8) is 0 Å². The number of hydrogen-bond acceptors (Lipinski definition) is 3. The molecule has 1 fully saturated rings. The second kappa shape index (κ2) is 7.17. The first kappa shape index (κ1) is 15.4. The fourth-order valence-corrected chi connectivity index (χ4v) is 4.33. The van der Waals surface area contributed by atoms with Gasteiger partial charge in [-0.25, -0.2) is 0 Å². The molecule has 1 aliphatic carbocycles. The highest BCUT2D eigenvalue weighted by atomic mass is 16.5. The Morgan fingerprint density at radius 2 is 2.00 bits per heavy atom. The van der Waals surface area contributed by atoms with Crippen molar-refractivity contribution in [2.75, 3.05) is 19.0 Å². The standard InChI is InChI=1S/C19H27NO2/c1-22-19(21)12-17(14-7-3-2-4-8-14)16-11-15-9-5-6-10-18(15)20-13-16/h5-6,9-10,14,16-17,20H,2-4,7-8,11-13H2,1H3. The normalized spacial score (nSPS) is 23.2. The summed E-state index contributed by atoms with van der Waals surface area (Å²) in [5, 5.41) is 3.57. The predicted octanol–water partition coefficient (Wildman–Crippen LogP) is 4.03. The number of carbonyl (C=O) groups is 1. The molecule has 1 N–H and O–H groups in total. The van der Waals surface area contributed by atoms with Crippen LogP contribution in [0.2, 0.25) is 0 Å². The van der Waals surface area contributed by atoms with Gasteiger partial charge in [0.25, 0.3) is 0 Å². The summed E-state index contributed by atoms with van der Waals surface area (Å²) in [6, 6.07) is 8.56. The Labute approximate surface area is 133 Å². The van der Waals surface area contributed by atoms with E-state index in [2.05, 4.69) is 29.6 Å². The summed E-state index contributed by atoms with van der Waals surface area (Å²) in [4.78, 5) is 11.9. The first-order valence-electron chi connectivity index (χ1n) is 8.66. The van der Waals surface area contributed by atoms with Gasteiger partial charge in [0.2, 0.25) is 0 Å². The quantitative estimate of drug-likeness (QED) is 0.853. The SMILES string of the molecule is COC(=O)CC(C1CCCCC1)C1CNc2ccccc2C1. The number of methoxy groups -OCH3 is 1. The largest absolute Gasteiger partial charge is 0.469 e. The summed E-state index contributed by atoms with van der Waals surface area (Å²) in [5.41, 5.74) is 2.66. The van der Waals surface area contributed by atoms with E-state index < -0.39 is 0 Å². The number of anilines is 1. The minimum absolute atomic E-state index is 0.0468. The fourth-order valence-electron chi connectivity index (χ4n) is 4.33. The molecule has 0 saturated heterocycles. The van der Waals surface area contributed by atoms with Gasteiger partial charge in [0.05, 0.1) is 7.11 Å². The molecule has 2 atom stereocenters. The van der Waals surface area contributed by atoms with E-state index in [-0.39, 0.29) is 5.97 Å². The second-order valence-electron chi connectivity index (χ2n) is 6.84. The minimum Gasteiger partial charge on any atom is -0.469 e. The van der Waals surface area contributed by atoms with E-state index in [0.717, 1.165) is 13.0 Å². The average Bonchev–Trinajstić information content (AvgIpc) is 2.59. The Kier molecular flexibility index (Phi) is 5.01. The van der Waals surface area contributed by atoms with Gasteiger partial charge in [-0.3, -0.25) is 4.79 Å². The number of nitrogens with one attached hydrogen (secondary N) is 1. The number of fused-ring (bicyclic) bond motifs is 1. The molecule has 22 heavy (non-hydrogen) atoms. The van der Waals surface area contributed by atoms with Gasteiger partial charge < -0.3 is 10.1 Å². The topological polar surface area (TPSA) is 38.3 Å². The molecule has 2 unspecified atom stereocenters. The van der Waals surface area contributed by atoms with Crippen LogP contribution in [0.4, 0.5) is 5.69 Å². The van der Waals surface area contributed by atoms with E-state index in [1.165, 1.54) is 50.5 Å². The number of ether oxygens (including phenoxy) is 1. The van der Waals surface area contributed by atoms with Crippen LogP contribution in [-0.4, -0.2) is 19.6 Å². The monoisotopic (exact) mass is 301 g/mol. The van der Waals surface area contributed by atoms with Crippen LogP contribution in [0, 0.1) is 17.8 Å². The molecule has 1 saturated carbocycles. The summed E-state index contributed by atoms with van der Waals surface area (Å²) >= 11 is 0. The van der Waals surface area contributed by atoms with Gasteiger partial charge in [0, 0.05) is 18.7 Å². The maximum Gasteiger partial charge on any atom is 0.305 e. The number of rotatable bonds is 4. The third-order valence-corrected chi connectivity index (χ3v) is 5.55. The van der Waals surface area contributed by atoms with Gasteiger partial charge in [-0.05, 0) is 35.8 Å². The van der Waals surface area contributed by atoms with E-state index >= 15 is 0 Å². The zero-order valence-electron chi connectivity index (χ0n) is 13.5. The van der Waals surface area contributed by atoms with Crippen molar-refractivity contribution in [3.05, 3.63) is 29.8 Å².